The van der Waals surface area contributed by atoms with Crippen LogP contribution >= 0.6 is 0 Å². The van der Waals surface area contributed by atoms with Gasteiger partial charge in [0, 0.05) is 24.0 Å². The van der Waals surface area contributed by atoms with Crippen molar-refractivity contribution in [3.05, 3.63) is 88.6 Å². The van der Waals surface area contributed by atoms with E-state index in [1.165, 1.54) is 0 Å². The molecule has 0 radical (unpaired) electrons. The summed E-state index contributed by atoms with van der Waals surface area (Å²) in [4.78, 5) is 36.2. The minimum absolute atomic E-state index is 0.0615. The smallest absolute Gasteiger partial charge is 0.323 e. The normalized spacial score (nSPS) is 13.3. The number of amides is 1. The van der Waals surface area contributed by atoms with Crippen LogP contribution < -0.4 is 17.2 Å². The van der Waals surface area contributed by atoms with Crippen LogP contribution in [-0.2, 0) is 29.2 Å². The number of nitrogens with two attached hydrogens (primary N) is 3. The Bertz CT molecular complexity index is 1600. The van der Waals surface area contributed by atoms with Crippen molar-refractivity contribution in [2.45, 2.75) is 45.0 Å². The third kappa shape index (κ3) is 6.01. The van der Waals surface area contributed by atoms with E-state index in [4.69, 9.17) is 21.9 Å². The van der Waals surface area contributed by atoms with E-state index in [1.807, 2.05) is 24.3 Å². The van der Waals surface area contributed by atoms with Crippen molar-refractivity contribution in [2.24, 2.45) is 11.5 Å². The molecule has 41 heavy (non-hydrogen) atoms. The first kappa shape index (κ1) is 28.1. The third-order valence-electron chi connectivity index (χ3n) is 7.14. The van der Waals surface area contributed by atoms with Crippen LogP contribution in [0.5, 0.6) is 0 Å². The van der Waals surface area contributed by atoms with Crippen LogP contribution in [0, 0.1) is 11.6 Å². The molecule has 1 aromatic heterocycles. The fourth-order valence-electron chi connectivity index (χ4n) is 4.96. The number of carbonyl (C=O) groups is 2. The summed E-state index contributed by atoms with van der Waals surface area (Å²) >= 11 is 0. The molecule has 1 aliphatic rings. The maximum Gasteiger partial charge on any atom is 0.323 e. The van der Waals surface area contributed by atoms with Gasteiger partial charge >= 0.3 is 5.97 Å². The number of aromatic nitrogens is 2. The Labute approximate surface area is 235 Å². The van der Waals surface area contributed by atoms with E-state index in [0.29, 0.717) is 48.9 Å². The van der Waals surface area contributed by atoms with Gasteiger partial charge in [-0.25, -0.2) is 18.7 Å². The highest BCUT2D eigenvalue weighted by atomic mass is 19.2. The Balaban J connectivity index is 1.47. The van der Waals surface area contributed by atoms with E-state index < -0.39 is 23.6 Å². The number of hydrogen-bond acceptors (Lipinski definition) is 8. The summed E-state index contributed by atoms with van der Waals surface area (Å²) in [5.41, 5.74) is 20.9. The Kier molecular flexibility index (Phi) is 8.18. The van der Waals surface area contributed by atoms with Crippen molar-refractivity contribution in [2.75, 3.05) is 12.3 Å². The van der Waals surface area contributed by atoms with Gasteiger partial charge in [0.2, 0.25) is 5.95 Å². The SMILES string of the molecule is NCCCC[C@H](N)C(=O)OCc1cc(F)c(F)cc1-c1ccc2nc(N)nc(C(=O)N3Cc4ccccc4C3)c2c1. The van der Waals surface area contributed by atoms with Crippen molar-refractivity contribution < 1.29 is 23.1 Å². The number of fused-ring (bicyclic) bond motifs is 2. The topological polar surface area (TPSA) is 150 Å². The number of hydrogen-bond donors (Lipinski definition) is 3. The number of nitrogens with zero attached hydrogens (tertiary/aromatic N) is 3. The van der Waals surface area contributed by atoms with Crippen LogP contribution in [0.15, 0.2) is 54.6 Å². The summed E-state index contributed by atoms with van der Waals surface area (Å²) in [5, 5.41) is 0.396. The molecule has 0 fully saturated rings. The molecular formula is C30H30F2N6O3. The molecule has 0 saturated carbocycles. The molecule has 1 atom stereocenters. The molecule has 11 heteroatoms. The maximum absolute atomic E-state index is 14.4. The summed E-state index contributed by atoms with van der Waals surface area (Å²) in [7, 11) is 0. The highest BCUT2D eigenvalue weighted by molar-refractivity contribution is 6.06. The minimum Gasteiger partial charge on any atom is -0.460 e. The molecule has 1 aliphatic heterocycles. The van der Waals surface area contributed by atoms with E-state index in [9.17, 15) is 18.4 Å². The molecule has 4 aromatic rings. The van der Waals surface area contributed by atoms with Gasteiger partial charge in [-0.15, -0.1) is 0 Å². The summed E-state index contributed by atoms with van der Waals surface area (Å²) in [6.07, 6.45) is 1.78. The van der Waals surface area contributed by atoms with E-state index in [-0.39, 0.29) is 35.3 Å². The number of rotatable bonds is 9. The summed E-state index contributed by atoms with van der Waals surface area (Å²) in [5.74, 6) is -3.21. The first-order valence-corrected chi connectivity index (χ1v) is 13.3. The first-order valence-electron chi connectivity index (χ1n) is 13.3. The molecule has 0 aliphatic carbocycles. The summed E-state index contributed by atoms with van der Waals surface area (Å²) in [6.45, 7) is 1.01. The zero-order valence-electron chi connectivity index (χ0n) is 22.3. The standard InChI is InChI=1S/C30H30F2N6O3/c31-23-12-20(16-41-29(40)25(34)7-3-4-10-33)21(13-24(23)32)17-8-9-26-22(11-17)27(37-30(35)36-26)28(39)38-14-18-5-1-2-6-19(18)15-38/h1-2,5-6,8-9,11-13,25H,3-4,7,10,14-16,33-34H2,(H2,35,36,37)/t25-/m0/s1. The first-order chi connectivity index (χ1) is 19.7. The molecule has 0 spiro atoms. The fraction of sp³-hybridized carbons (Fsp3) is 0.267. The average molecular weight is 561 g/mol. The molecular weight excluding hydrogens is 530 g/mol. The van der Waals surface area contributed by atoms with Gasteiger partial charge < -0.3 is 26.8 Å². The van der Waals surface area contributed by atoms with Gasteiger partial charge in [-0.1, -0.05) is 36.8 Å². The van der Waals surface area contributed by atoms with Crippen LogP contribution in [0.3, 0.4) is 0 Å². The number of ether oxygens (including phenoxy) is 1. The Morgan fingerprint density at radius 2 is 1.68 bits per heavy atom. The van der Waals surface area contributed by atoms with E-state index in [0.717, 1.165) is 29.7 Å². The van der Waals surface area contributed by atoms with E-state index in [2.05, 4.69) is 9.97 Å². The molecule has 0 saturated heterocycles. The highest BCUT2D eigenvalue weighted by Gasteiger charge is 2.27. The van der Waals surface area contributed by atoms with E-state index >= 15 is 0 Å². The number of carbonyl (C=O) groups excluding carboxylic acids is 2. The van der Waals surface area contributed by atoms with Crippen molar-refractivity contribution >= 4 is 28.7 Å². The van der Waals surface area contributed by atoms with Gasteiger partial charge in [0.25, 0.3) is 5.91 Å². The Hall–Kier alpha value is -4.48. The predicted molar refractivity (Wildman–Crippen MR) is 150 cm³/mol. The maximum atomic E-state index is 14.4. The molecule has 9 nitrogen and oxygen atoms in total. The quantitative estimate of drug-likeness (QED) is 0.207. The summed E-state index contributed by atoms with van der Waals surface area (Å²) in [6, 6.07) is 13.8. The van der Waals surface area contributed by atoms with Crippen molar-refractivity contribution in [3.63, 3.8) is 0 Å². The lowest BCUT2D eigenvalue weighted by Crippen LogP contribution is -2.32. The third-order valence-corrected chi connectivity index (χ3v) is 7.14. The van der Waals surface area contributed by atoms with Crippen LogP contribution in [0.4, 0.5) is 14.7 Å². The average Bonchev–Trinajstić information content (AvgIpc) is 3.41. The molecule has 6 N–H and O–H groups in total. The summed E-state index contributed by atoms with van der Waals surface area (Å²) < 4.78 is 34.1. The van der Waals surface area contributed by atoms with Gasteiger partial charge in [0.05, 0.1) is 5.52 Å². The lowest BCUT2D eigenvalue weighted by Gasteiger charge is -2.17. The van der Waals surface area contributed by atoms with Gasteiger partial charge in [-0.2, -0.15) is 0 Å². The highest BCUT2D eigenvalue weighted by Crippen LogP contribution is 2.32. The van der Waals surface area contributed by atoms with Crippen LogP contribution in [-0.4, -0.2) is 39.3 Å². The molecule has 5 rings (SSSR count). The van der Waals surface area contributed by atoms with Crippen LogP contribution in [0.2, 0.25) is 0 Å². The van der Waals surface area contributed by atoms with Gasteiger partial charge in [-0.05, 0) is 65.9 Å². The van der Waals surface area contributed by atoms with E-state index in [1.54, 1.807) is 23.1 Å². The minimum atomic E-state index is -1.09. The Morgan fingerprint density at radius 1 is 0.976 bits per heavy atom. The number of benzene rings is 3. The predicted octanol–water partition coefficient (Wildman–Crippen LogP) is 3.81. The largest absolute Gasteiger partial charge is 0.460 e. The van der Waals surface area contributed by atoms with Crippen LogP contribution in [0.25, 0.3) is 22.0 Å². The zero-order valence-corrected chi connectivity index (χ0v) is 22.3. The number of unbranched alkanes of at least 4 members (excludes halogenated alkanes) is 1. The monoisotopic (exact) mass is 560 g/mol. The molecule has 1 amide bonds. The second-order valence-electron chi connectivity index (χ2n) is 10.0. The molecule has 3 aromatic carbocycles. The second kappa shape index (κ2) is 11.9. The molecule has 0 unspecified atom stereocenters. The molecule has 2 heterocycles. The molecule has 0 bridgehead atoms. The number of nitrogen functional groups attached to an aromatic ring is 1. The number of anilines is 1. The Morgan fingerprint density at radius 3 is 2.39 bits per heavy atom. The second-order valence-corrected chi connectivity index (χ2v) is 10.0. The van der Waals surface area contributed by atoms with Gasteiger partial charge in [0.1, 0.15) is 18.3 Å². The fourth-order valence-corrected chi connectivity index (χ4v) is 4.96. The van der Waals surface area contributed by atoms with Gasteiger partial charge in [-0.3, -0.25) is 9.59 Å². The lowest BCUT2D eigenvalue weighted by atomic mass is 9.97. The number of esters is 1. The van der Waals surface area contributed by atoms with Crippen molar-refractivity contribution in [3.8, 4) is 11.1 Å². The van der Waals surface area contributed by atoms with Gasteiger partial charge in [0.15, 0.2) is 11.6 Å². The van der Waals surface area contributed by atoms with Crippen molar-refractivity contribution in [1.82, 2.24) is 14.9 Å². The molecule has 212 valence electrons. The lowest BCUT2D eigenvalue weighted by molar-refractivity contribution is -0.146. The zero-order chi connectivity index (χ0) is 29.1. The van der Waals surface area contributed by atoms with Crippen LogP contribution in [0.1, 0.15) is 46.4 Å². The number of halogens is 2. The van der Waals surface area contributed by atoms with Crippen molar-refractivity contribution in [1.29, 1.82) is 0 Å².